The molecule has 82 valence electrons. The van der Waals surface area contributed by atoms with Crippen LogP contribution in [-0.2, 0) is 14.3 Å². The van der Waals surface area contributed by atoms with Crippen molar-refractivity contribution in [2.24, 2.45) is 29.6 Å². The van der Waals surface area contributed by atoms with Gasteiger partial charge in [-0.05, 0) is 37.0 Å². The van der Waals surface area contributed by atoms with E-state index in [-0.39, 0.29) is 17.8 Å². The van der Waals surface area contributed by atoms with Gasteiger partial charge in [0.25, 0.3) is 0 Å². The van der Waals surface area contributed by atoms with E-state index in [1.807, 2.05) is 0 Å². The van der Waals surface area contributed by atoms with E-state index in [0.29, 0.717) is 30.0 Å². The van der Waals surface area contributed by atoms with E-state index in [9.17, 15) is 9.59 Å². The lowest BCUT2D eigenvalue weighted by molar-refractivity contribution is -0.170. The summed E-state index contributed by atoms with van der Waals surface area (Å²) in [5, 5.41) is 0. The Morgan fingerprint density at radius 3 is 2.80 bits per heavy atom. The van der Waals surface area contributed by atoms with E-state index in [4.69, 9.17) is 4.74 Å². The molecule has 5 aliphatic rings. The Morgan fingerprint density at radius 1 is 1.33 bits per heavy atom. The van der Waals surface area contributed by atoms with E-state index in [2.05, 4.69) is 0 Å². The van der Waals surface area contributed by atoms with Crippen molar-refractivity contribution in [2.75, 3.05) is 7.11 Å². The number of rotatable bonds is 1. The van der Waals surface area contributed by atoms with Crippen molar-refractivity contribution in [3.05, 3.63) is 0 Å². The van der Waals surface area contributed by atoms with Crippen LogP contribution in [0.2, 0.25) is 0 Å². The first-order valence-corrected chi connectivity index (χ1v) is 5.83. The minimum Gasteiger partial charge on any atom is -0.469 e. The zero-order valence-electron chi connectivity index (χ0n) is 8.94. The molecule has 0 heterocycles. The van der Waals surface area contributed by atoms with Crippen LogP contribution < -0.4 is 0 Å². The zero-order chi connectivity index (χ0) is 10.6. The second-order valence-corrected chi connectivity index (χ2v) is 5.23. The smallest absolute Gasteiger partial charge is 0.309 e. The summed E-state index contributed by atoms with van der Waals surface area (Å²) in [6.07, 6.45) is 3.94. The van der Waals surface area contributed by atoms with Crippen LogP contribution in [0.4, 0.5) is 0 Å². The number of hydrogen-bond donors (Lipinski definition) is 0. The molecule has 0 N–H and O–H groups in total. The Labute approximate surface area is 89.2 Å². The largest absolute Gasteiger partial charge is 0.469 e. The number of ketones is 1. The van der Waals surface area contributed by atoms with Crippen molar-refractivity contribution in [1.29, 1.82) is 0 Å². The number of hydrogen-bond acceptors (Lipinski definition) is 3. The summed E-state index contributed by atoms with van der Waals surface area (Å²) in [6.45, 7) is 0. The summed E-state index contributed by atoms with van der Waals surface area (Å²) in [5.74, 6) is 1.75. The summed E-state index contributed by atoms with van der Waals surface area (Å²) in [5.41, 5.74) is 0. The van der Waals surface area contributed by atoms with E-state index in [1.165, 1.54) is 13.5 Å². The molecule has 5 atom stereocenters. The van der Waals surface area contributed by atoms with E-state index >= 15 is 0 Å². The fourth-order valence-corrected chi connectivity index (χ4v) is 4.19. The molecule has 0 aromatic rings. The van der Waals surface area contributed by atoms with Gasteiger partial charge in [0, 0.05) is 12.3 Å². The van der Waals surface area contributed by atoms with E-state index in [1.54, 1.807) is 0 Å². The topological polar surface area (TPSA) is 43.4 Å². The molecule has 4 bridgehead atoms. The summed E-state index contributed by atoms with van der Waals surface area (Å²) in [4.78, 5) is 23.5. The number of Topliss-reactive ketones (excluding diaryl/α,β-unsaturated/α-hetero) is 1. The highest BCUT2D eigenvalue weighted by atomic mass is 16.5. The maximum atomic E-state index is 11.7. The highest BCUT2D eigenvalue weighted by Gasteiger charge is 2.58. The molecule has 5 aliphatic carbocycles. The van der Waals surface area contributed by atoms with Crippen molar-refractivity contribution in [1.82, 2.24) is 0 Å². The Morgan fingerprint density at radius 2 is 2.13 bits per heavy atom. The molecule has 0 aromatic heterocycles. The van der Waals surface area contributed by atoms with Crippen molar-refractivity contribution < 1.29 is 14.3 Å². The zero-order valence-corrected chi connectivity index (χ0v) is 8.94. The SMILES string of the molecule is COC(=O)C1C2CC(=O)C3CC2CCC31. The predicted octanol–water partition coefficient (Wildman–Crippen LogP) is 1.41. The quantitative estimate of drug-likeness (QED) is 0.612. The molecule has 0 saturated heterocycles. The lowest BCUT2D eigenvalue weighted by Crippen LogP contribution is -2.56. The number of methoxy groups -OCH3 is 1. The van der Waals surface area contributed by atoms with Gasteiger partial charge in [-0.2, -0.15) is 0 Å². The van der Waals surface area contributed by atoms with Crippen LogP contribution in [0, 0.1) is 29.6 Å². The first-order valence-electron chi connectivity index (χ1n) is 5.83. The highest BCUT2D eigenvalue weighted by Crippen LogP contribution is 2.57. The predicted molar refractivity (Wildman–Crippen MR) is 52.9 cm³/mol. The van der Waals surface area contributed by atoms with Crippen molar-refractivity contribution in [2.45, 2.75) is 25.7 Å². The molecule has 3 heteroatoms. The average Bonchev–Trinajstić information content (AvgIpc) is 2.28. The second kappa shape index (κ2) is 3.06. The van der Waals surface area contributed by atoms with E-state index in [0.717, 1.165) is 12.8 Å². The minimum absolute atomic E-state index is 0.0326. The van der Waals surface area contributed by atoms with Gasteiger partial charge in [-0.3, -0.25) is 9.59 Å². The molecule has 15 heavy (non-hydrogen) atoms. The molecule has 3 nitrogen and oxygen atoms in total. The van der Waals surface area contributed by atoms with Gasteiger partial charge in [0.05, 0.1) is 13.0 Å². The fraction of sp³-hybridized carbons (Fsp3) is 0.833. The summed E-state index contributed by atoms with van der Waals surface area (Å²) in [7, 11) is 1.46. The third-order valence-electron chi connectivity index (χ3n) is 4.80. The number of esters is 1. The molecular formula is C12H16O3. The van der Waals surface area contributed by atoms with Crippen LogP contribution in [0.15, 0.2) is 0 Å². The molecule has 0 radical (unpaired) electrons. The van der Waals surface area contributed by atoms with Crippen LogP contribution >= 0.6 is 0 Å². The number of fused-ring (bicyclic) bond motifs is 2. The van der Waals surface area contributed by atoms with Gasteiger partial charge in [0.2, 0.25) is 0 Å². The molecule has 5 saturated carbocycles. The third kappa shape index (κ3) is 1.12. The Hall–Kier alpha value is -0.860. The van der Waals surface area contributed by atoms with Crippen LogP contribution in [0.1, 0.15) is 25.7 Å². The normalized spacial score (nSPS) is 47.0. The first-order chi connectivity index (χ1) is 7.22. The minimum atomic E-state index is -0.0769. The summed E-state index contributed by atoms with van der Waals surface area (Å²) < 4.78 is 4.88. The Kier molecular flexibility index (Phi) is 1.91. The van der Waals surface area contributed by atoms with Gasteiger partial charge in [0.1, 0.15) is 5.78 Å². The standard InChI is InChI=1S/C12H16O3/c1-15-12(14)11-7-3-2-6-4-9(7)10(13)5-8(6)11/h6-9,11H,2-5H2,1H3. The van der Waals surface area contributed by atoms with Crippen LogP contribution in [0.3, 0.4) is 0 Å². The van der Waals surface area contributed by atoms with Gasteiger partial charge in [-0.1, -0.05) is 0 Å². The maximum Gasteiger partial charge on any atom is 0.309 e. The summed E-state index contributed by atoms with van der Waals surface area (Å²) in [6, 6.07) is 0. The molecule has 0 amide bonds. The van der Waals surface area contributed by atoms with Gasteiger partial charge >= 0.3 is 5.97 Å². The molecule has 5 unspecified atom stereocenters. The molecule has 0 aromatic carbocycles. The lowest BCUT2D eigenvalue weighted by atomic mass is 9.48. The van der Waals surface area contributed by atoms with Crippen molar-refractivity contribution in [3.63, 3.8) is 0 Å². The van der Waals surface area contributed by atoms with Crippen molar-refractivity contribution >= 4 is 11.8 Å². The van der Waals surface area contributed by atoms with E-state index < -0.39 is 0 Å². The summed E-state index contributed by atoms with van der Waals surface area (Å²) >= 11 is 0. The molecule has 5 rings (SSSR count). The Balaban J connectivity index is 1.94. The van der Waals surface area contributed by atoms with Crippen LogP contribution in [-0.4, -0.2) is 18.9 Å². The highest BCUT2D eigenvalue weighted by molar-refractivity contribution is 5.87. The second-order valence-electron chi connectivity index (χ2n) is 5.23. The number of carbonyl (C=O) groups is 2. The van der Waals surface area contributed by atoms with Gasteiger partial charge in [-0.15, -0.1) is 0 Å². The van der Waals surface area contributed by atoms with Crippen LogP contribution in [0.5, 0.6) is 0 Å². The molecular weight excluding hydrogens is 192 g/mol. The maximum absolute atomic E-state index is 11.7. The molecule has 0 spiro atoms. The van der Waals surface area contributed by atoms with Crippen LogP contribution in [0.25, 0.3) is 0 Å². The Bertz CT molecular complexity index is 321. The monoisotopic (exact) mass is 208 g/mol. The molecule has 0 aliphatic heterocycles. The average molecular weight is 208 g/mol. The first kappa shape index (κ1) is 9.37. The van der Waals surface area contributed by atoms with Crippen molar-refractivity contribution in [3.8, 4) is 0 Å². The number of carbonyl (C=O) groups excluding carboxylic acids is 2. The van der Waals surface area contributed by atoms with Gasteiger partial charge < -0.3 is 4.74 Å². The fourth-order valence-electron chi connectivity index (χ4n) is 4.19. The van der Waals surface area contributed by atoms with Gasteiger partial charge in [0.15, 0.2) is 0 Å². The van der Waals surface area contributed by atoms with Gasteiger partial charge in [-0.25, -0.2) is 0 Å². The number of ether oxygens (including phenoxy) is 1. The molecule has 5 fully saturated rings. The lowest BCUT2D eigenvalue weighted by Gasteiger charge is -2.55. The third-order valence-corrected chi connectivity index (χ3v) is 4.80.